The van der Waals surface area contributed by atoms with E-state index in [1.165, 1.54) is 77.5 Å². The molecule has 3 heteroatoms. The lowest BCUT2D eigenvalue weighted by atomic mass is 9.83. The van der Waals surface area contributed by atoms with Crippen LogP contribution in [0.5, 0.6) is 0 Å². The van der Waals surface area contributed by atoms with Gasteiger partial charge in [-0.3, -0.25) is 0 Å². The predicted molar refractivity (Wildman–Crippen MR) is 253 cm³/mol. The fraction of sp³-hybridized carbons (Fsp3) is 0. The van der Waals surface area contributed by atoms with E-state index in [4.69, 9.17) is 0 Å². The Morgan fingerprint density at radius 3 is 1.18 bits per heavy atom. The van der Waals surface area contributed by atoms with Crippen LogP contribution in [0, 0.1) is 11.6 Å². The number of hydrogen-bond donors (Lipinski definition) is 0. The number of anilines is 3. The number of para-hydroxylation sites is 2. The standard InChI is InChI=1S/C58H37F2N/c59-53-23-7-9-25-55(53)61(56-26-10-8-24-54(56)60)44-34-31-39(32-35-44)38-27-29-40(30-28-38)43-33-36-51-52(37-43)58(48-22-12-16-42-14-2-4-18-46(42)48)50-20-6-5-19-49(50)57(51)47-21-11-15-41-13-1-3-17-45(41)47/h1-37H. The maximum absolute atomic E-state index is 15.2. The molecule has 0 unspecified atom stereocenters. The molecule has 0 aliphatic rings. The summed E-state index contributed by atoms with van der Waals surface area (Å²) in [7, 11) is 0. The number of benzene rings is 11. The second-order valence-corrected chi connectivity index (χ2v) is 15.5. The molecule has 0 fully saturated rings. The molecule has 0 saturated carbocycles. The average molecular weight is 786 g/mol. The molecule has 0 aliphatic carbocycles. The van der Waals surface area contributed by atoms with Gasteiger partial charge in [-0.25, -0.2) is 8.78 Å². The zero-order valence-electron chi connectivity index (χ0n) is 33.1. The second kappa shape index (κ2) is 15.1. The van der Waals surface area contributed by atoms with E-state index in [1.807, 2.05) is 24.3 Å². The summed E-state index contributed by atoms with van der Waals surface area (Å²) in [5, 5.41) is 9.73. The van der Waals surface area contributed by atoms with Crippen molar-refractivity contribution in [2.75, 3.05) is 4.90 Å². The minimum Gasteiger partial charge on any atom is -0.305 e. The first kappa shape index (κ1) is 36.2. The third kappa shape index (κ3) is 6.30. The molecule has 11 rings (SSSR count). The van der Waals surface area contributed by atoms with Gasteiger partial charge in [-0.1, -0.05) is 182 Å². The van der Waals surface area contributed by atoms with Gasteiger partial charge >= 0.3 is 0 Å². The molecule has 0 saturated heterocycles. The van der Waals surface area contributed by atoms with Crippen molar-refractivity contribution in [3.05, 3.63) is 236 Å². The highest BCUT2D eigenvalue weighted by atomic mass is 19.1. The molecule has 0 spiro atoms. The highest BCUT2D eigenvalue weighted by molar-refractivity contribution is 6.25. The van der Waals surface area contributed by atoms with Crippen molar-refractivity contribution in [1.29, 1.82) is 0 Å². The van der Waals surface area contributed by atoms with Gasteiger partial charge in [0, 0.05) is 5.69 Å². The fourth-order valence-corrected chi connectivity index (χ4v) is 9.16. The zero-order valence-corrected chi connectivity index (χ0v) is 33.1. The Kier molecular flexibility index (Phi) is 8.94. The highest BCUT2D eigenvalue weighted by Gasteiger charge is 2.21. The summed E-state index contributed by atoms with van der Waals surface area (Å²) in [6.45, 7) is 0. The molecule has 0 bridgehead atoms. The van der Waals surface area contributed by atoms with Crippen molar-refractivity contribution >= 4 is 60.2 Å². The molecular formula is C58H37F2N. The van der Waals surface area contributed by atoms with E-state index >= 15 is 8.78 Å². The molecule has 0 N–H and O–H groups in total. The van der Waals surface area contributed by atoms with E-state index in [2.05, 4.69) is 152 Å². The van der Waals surface area contributed by atoms with Crippen molar-refractivity contribution in [1.82, 2.24) is 0 Å². The van der Waals surface area contributed by atoms with Crippen molar-refractivity contribution in [2.24, 2.45) is 0 Å². The van der Waals surface area contributed by atoms with Crippen molar-refractivity contribution < 1.29 is 8.78 Å². The quantitative estimate of drug-likeness (QED) is 0.146. The number of halogens is 2. The van der Waals surface area contributed by atoms with Gasteiger partial charge in [-0.2, -0.15) is 0 Å². The van der Waals surface area contributed by atoms with E-state index < -0.39 is 11.6 Å². The lowest BCUT2D eigenvalue weighted by Crippen LogP contribution is -2.13. The molecule has 0 aromatic heterocycles. The summed E-state index contributed by atoms with van der Waals surface area (Å²) in [6.07, 6.45) is 0. The summed E-state index contributed by atoms with van der Waals surface area (Å²) in [5.41, 5.74) is 10.4. The highest BCUT2D eigenvalue weighted by Crippen LogP contribution is 2.48. The molecule has 11 aromatic rings. The summed E-state index contributed by atoms with van der Waals surface area (Å²) in [6, 6.07) is 75.8. The second-order valence-electron chi connectivity index (χ2n) is 15.5. The average Bonchev–Trinajstić information content (AvgIpc) is 3.32. The molecule has 0 aliphatic heterocycles. The number of nitrogens with zero attached hydrogens (tertiary/aromatic N) is 1. The number of fused-ring (bicyclic) bond motifs is 4. The maximum atomic E-state index is 15.2. The van der Waals surface area contributed by atoms with Crippen molar-refractivity contribution in [2.45, 2.75) is 0 Å². The topological polar surface area (TPSA) is 3.24 Å². The Morgan fingerprint density at radius 2 is 0.656 bits per heavy atom. The first-order valence-corrected chi connectivity index (χ1v) is 20.6. The van der Waals surface area contributed by atoms with E-state index in [0.717, 1.165) is 22.3 Å². The lowest BCUT2D eigenvalue weighted by molar-refractivity contribution is 0.619. The van der Waals surface area contributed by atoms with Crippen LogP contribution in [0.3, 0.4) is 0 Å². The van der Waals surface area contributed by atoms with Crippen LogP contribution < -0.4 is 4.90 Å². The minimum atomic E-state index is -0.429. The lowest BCUT2D eigenvalue weighted by Gasteiger charge is -2.26. The Hall–Kier alpha value is -7.88. The molecule has 0 amide bonds. The van der Waals surface area contributed by atoms with E-state index in [1.54, 1.807) is 41.3 Å². The molecule has 0 atom stereocenters. The van der Waals surface area contributed by atoms with Crippen LogP contribution in [0.25, 0.3) is 87.6 Å². The third-order valence-electron chi connectivity index (χ3n) is 12.0. The van der Waals surface area contributed by atoms with Crippen LogP contribution in [-0.4, -0.2) is 0 Å². The monoisotopic (exact) mass is 785 g/mol. The Bertz CT molecular complexity index is 3390. The Balaban J connectivity index is 1.04. The molecule has 11 aromatic carbocycles. The number of hydrogen-bond acceptors (Lipinski definition) is 1. The van der Waals surface area contributed by atoms with Crippen LogP contribution in [0.4, 0.5) is 25.8 Å². The van der Waals surface area contributed by atoms with Crippen LogP contribution in [0.2, 0.25) is 0 Å². The molecule has 1 nitrogen and oxygen atoms in total. The largest absolute Gasteiger partial charge is 0.305 e. The van der Waals surface area contributed by atoms with Gasteiger partial charge in [-0.15, -0.1) is 0 Å². The van der Waals surface area contributed by atoms with Gasteiger partial charge in [0.1, 0.15) is 11.6 Å². The summed E-state index contributed by atoms with van der Waals surface area (Å²) >= 11 is 0. The van der Waals surface area contributed by atoms with Gasteiger partial charge in [0.05, 0.1) is 11.4 Å². The summed E-state index contributed by atoms with van der Waals surface area (Å²) in [4.78, 5) is 1.62. The molecule has 61 heavy (non-hydrogen) atoms. The van der Waals surface area contributed by atoms with E-state index in [-0.39, 0.29) is 11.4 Å². The summed E-state index contributed by atoms with van der Waals surface area (Å²) < 4.78 is 30.4. The van der Waals surface area contributed by atoms with Crippen molar-refractivity contribution in [3.8, 4) is 44.5 Å². The van der Waals surface area contributed by atoms with Gasteiger partial charge in [0.2, 0.25) is 0 Å². The van der Waals surface area contributed by atoms with Gasteiger partial charge in [0.15, 0.2) is 0 Å². The van der Waals surface area contributed by atoms with Crippen LogP contribution in [0.1, 0.15) is 0 Å². The molecule has 0 radical (unpaired) electrons. The SMILES string of the molecule is Fc1ccccc1N(c1ccc(-c2ccc(-c3ccc4c(-c5cccc6ccccc56)c5ccccc5c(-c5cccc6ccccc56)c4c3)cc2)cc1)c1ccccc1F. The van der Waals surface area contributed by atoms with Gasteiger partial charge in [-0.05, 0) is 130 Å². The van der Waals surface area contributed by atoms with Crippen molar-refractivity contribution in [3.63, 3.8) is 0 Å². The first-order chi connectivity index (χ1) is 30.1. The smallest absolute Gasteiger partial charge is 0.147 e. The zero-order chi connectivity index (χ0) is 40.9. The molecular weight excluding hydrogens is 749 g/mol. The maximum Gasteiger partial charge on any atom is 0.147 e. The van der Waals surface area contributed by atoms with E-state index in [0.29, 0.717) is 5.69 Å². The van der Waals surface area contributed by atoms with Crippen LogP contribution in [-0.2, 0) is 0 Å². The van der Waals surface area contributed by atoms with Crippen LogP contribution in [0.15, 0.2) is 224 Å². The Morgan fingerprint density at radius 1 is 0.279 bits per heavy atom. The first-order valence-electron chi connectivity index (χ1n) is 20.6. The number of rotatable bonds is 7. The Labute approximate surface area is 353 Å². The fourth-order valence-electron chi connectivity index (χ4n) is 9.16. The molecule has 288 valence electrons. The van der Waals surface area contributed by atoms with Gasteiger partial charge < -0.3 is 4.90 Å². The van der Waals surface area contributed by atoms with Gasteiger partial charge in [0.25, 0.3) is 0 Å². The van der Waals surface area contributed by atoms with Crippen LogP contribution >= 0.6 is 0 Å². The normalized spacial score (nSPS) is 11.4. The molecule has 0 heterocycles. The minimum absolute atomic E-state index is 0.279. The van der Waals surface area contributed by atoms with E-state index in [9.17, 15) is 0 Å². The third-order valence-corrected chi connectivity index (χ3v) is 12.0. The predicted octanol–water partition coefficient (Wildman–Crippen LogP) is 16.7. The summed E-state index contributed by atoms with van der Waals surface area (Å²) in [5.74, 6) is -0.859.